The number of amides is 2. The zero-order chi connectivity index (χ0) is 23.7. The number of nitrogens with zero attached hydrogens (tertiary/aromatic N) is 2. The van der Waals surface area contributed by atoms with E-state index in [-0.39, 0.29) is 36.0 Å². The molecule has 0 radical (unpaired) electrons. The van der Waals surface area contributed by atoms with E-state index in [9.17, 15) is 14.0 Å². The molecule has 0 spiro atoms. The van der Waals surface area contributed by atoms with Gasteiger partial charge >= 0.3 is 0 Å². The van der Waals surface area contributed by atoms with E-state index in [1.54, 1.807) is 22.3 Å². The summed E-state index contributed by atoms with van der Waals surface area (Å²) in [4.78, 5) is 31.5. The summed E-state index contributed by atoms with van der Waals surface area (Å²) in [6.45, 7) is 2.92. The van der Waals surface area contributed by atoms with Crippen molar-refractivity contribution in [2.75, 3.05) is 19.7 Å². The highest BCUT2D eigenvalue weighted by Crippen LogP contribution is 2.35. The number of benzene rings is 2. The van der Waals surface area contributed by atoms with E-state index in [0.29, 0.717) is 13.2 Å². The normalized spacial score (nSPS) is 17.2. The molecule has 5 nitrogen and oxygen atoms in total. The monoisotopic (exact) mass is 478 g/mol. The highest BCUT2D eigenvalue weighted by atomic mass is 32.1. The van der Waals surface area contributed by atoms with Gasteiger partial charge in [0.25, 0.3) is 5.91 Å². The molecule has 5 rings (SSSR count). The number of rotatable bonds is 7. The van der Waals surface area contributed by atoms with Gasteiger partial charge in [-0.15, -0.1) is 11.3 Å². The number of carbonyl (C=O) groups is 2. The summed E-state index contributed by atoms with van der Waals surface area (Å²) in [5.74, 6) is -0.0521. The van der Waals surface area contributed by atoms with Crippen molar-refractivity contribution >= 4 is 23.2 Å². The second-order valence-corrected chi connectivity index (χ2v) is 9.90. The van der Waals surface area contributed by atoms with Gasteiger partial charge in [-0.1, -0.05) is 24.3 Å². The third-order valence-electron chi connectivity index (χ3n) is 6.53. The molecular weight excluding hydrogens is 451 g/mol. The Bertz CT molecular complexity index is 1210. The first-order valence-corrected chi connectivity index (χ1v) is 12.5. The largest absolute Gasteiger partial charge is 0.491 e. The van der Waals surface area contributed by atoms with Crippen LogP contribution in [0.3, 0.4) is 0 Å². The van der Waals surface area contributed by atoms with Crippen LogP contribution >= 0.6 is 11.3 Å². The molecule has 1 saturated carbocycles. The second-order valence-electron chi connectivity index (χ2n) is 8.90. The molecule has 176 valence electrons. The van der Waals surface area contributed by atoms with Crippen LogP contribution in [0.5, 0.6) is 5.75 Å². The number of thiophene rings is 1. The summed E-state index contributed by atoms with van der Waals surface area (Å²) in [5, 5.41) is 2.06. The van der Waals surface area contributed by atoms with Crippen LogP contribution in [0.4, 0.5) is 4.39 Å². The van der Waals surface area contributed by atoms with Gasteiger partial charge in [0, 0.05) is 23.0 Å². The summed E-state index contributed by atoms with van der Waals surface area (Å²) >= 11 is 1.71. The predicted molar refractivity (Wildman–Crippen MR) is 130 cm³/mol. The number of fused-ring (bicyclic) bond motifs is 1. The quantitative estimate of drug-likeness (QED) is 0.480. The van der Waals surface area contributed by atoms with E-state index < -0.39 is 5.82 Å². The van der Waals surface area contributed by atoms with Gasteiger partial charge in [0.2, 0.25) is 5.91 Å². The Morgan fingerprint density at radius 3 is 2.74 bits per heavy atom. The highest BCUT2D eigenvalue weighted by Gasteiger charge is 2.38. The lowest BCUT2D eigenvalue weighted by molar-refractivity contribution is -0.135. The van der Waals surface area contributed by atoms with Gasteiger partial charge in [-0.25, -0.2) is 4.39 Å². The van der Waals surface area contributed by atoms with E-state index in [1.807, 2.05) is 36.1 Å². The maximum Gasteiger partial charge on any atom is 0.254 e. The first kappa shape index (κ1) is 22.6. The first-order chi connectivity index (χ1) is 16.5. The molecule has 1 aromatic heterocycles. The van der Waals surface area contributed by atoms with Gasteiger partial charge in [-0.05, 0) is 73.0 Å². The molecule has 0 bridgehead atoms. The Kier molecular flexibility index (Phi) is 6.37. The van der Waals surface area contributed by atoms with Crippen molar-refractivity contribution in [2.45, 2.75) is 38.3 Å². The summed E-state index contributed by atoms with van der Waals surface area (Å²) in [6.07, 6.45) is 2.52. The van der Waals surface area contributed by atoms with Crippen LogP contribution in [-0.4, -0.2) is 47.4 Å². The van der Waals surface area contributed by atoms with Gasteiger partial charge in [0.05, 0.1) is 6.04 Å². The Balaban J connectivity index is 1.35. The van der Waals surface area contributed by atoms with Gasteiger partial charge in [-0.2, -0.15) is 0 Å². The Labute approximate surface area is 202 Å². The number of carbonyl (C=O) groups excluding carboxylic acids is 2. The molecule has 0 N–H and O–H groups in total. The highest BCUT2D eigenvalue weighted by molar-refractivity contribution is 7.10. The van der Waals surface area contributed by atoms with Crippen molar-refractivity contribution in [1.29, 1.82) is 0 Å². The van der Waals surface area contributed by atoms with Crippen molar-refractivity contribution in [1.82, 2.24) is 9.80 Å². The molecule has 0 unspecified atom stereocenters. The van der Waals surface area contributed by atoms with Crippen LogP contribution in [-0.2, 0) is 11.2 Å². The molecule has 1 atom stereocenters. The van der Waals surface area contributed by atoms with Crippen molar-refractivity contribution in [3.8, 4) is 5.75 Å². The summed E-state index contributed by atoms with van der Waals surface area (Å²) < 4.78 is 19.9. The van der Waals surface area contributed by atoms with E-state index >= 15 is 0 Å². The molecular formula is C27H27FN2O3S. The third kappa shape index (κ3) is 4.71. The number of para-hydroxylation sites is 1. The van der Waals surface area contributed by atoms with E-state index in [0.717, 1.165) is 36.1 Å². The Hall–Kier alpha value is -3.19. The molecule has 2 heterocycles. The summed E-state index contributed by atoms with van der Waals surface area (Å²) in [5.41, 5.74) is 2.44. The molecule has 0 saturated heterocycles. The fourth-order valence-electron chi connectivity index (χ4n) is 4.54. The maximum absolute atomic E-state index is 13.7. The molecule has 34 heavy (non-hydrogen) atoms. The van der Waals surface area contributed by atoms with Gasteiger partial charge in [0.1, 0.15) is 24.7 Å². The molecule has 2 aromatic carbocycles. The number of hydrogen-bond donors (Lipinski definition) is 0. The molecule has 2 amide bonds. The lowest BCUT2D eigenvalue weighted by Crippen LogP contribution is -2.48. The third-order valence-corrected chi connectivity index (χ3v) is 7.53. The van der Waals surface area contributed by atoms with Gasteiger partial charge in [0.15, 0.2) is 0 Å². The lowest BCUT2D eigenvalue weighted by Gasteiger charge is -2.37. The number of aryl methyl sites for hydroxylation is 1. The number of halogens is 1. The minimum absolute atomic E-state index is 0.0135. The fourth-order valence-corrected chi connectivity index (χ4v) is 5.47. The molecule has 7 heteroatoms. The van der Waals surface area contributed by atoms with Crippen molar-refractivity contribution in [3.63, 3.8) is 0 Å². The average molecular weight is 479 g/mol. The van der Waals surface area contributed by atoms with Crippen LogP contribution < -0.4 is 4.74 Å². The van der Waals surface area contributed by atoms with E-state index in [1.165, 1.54) is 23.1 Å². The topological polar surface area (TPSA) is 49.9 Å². The van der Waals surface area contributed by atoms with Gasteiger partial charge < -0.3 is 14.5 Å². The average Bonchev–Trinajstić information content (AvgIpc) is 3.57. The molecule has 1 aliphatic heterocycles. The van der Waals surface area contributed by atoms with Crippen molar-refractivity contribution in [2.24, 2.45) is 0 Å². The smallest absolute Gasteiger partial charge is 0.254 e. The lowest BCUT2D eigenvalue weighted by atomic mass is 10.00. The summed E-state index contributed by atoms with van der Waals surface area (Å²) in [7, 11) is 0. The Morgan fingerprint density at radius 2 is 1.97 bits per heavy atom. The van der Waals surface area contributed by atoms with Crippen molar-refractivity contribution in [3.05, 3.63) is 87.4 Å². The molecule has 3 aromatic rings. The molecule has 1 aliphatic carbocycles. The Morgan fingerprint density at radius 1 is 1.15 bits per heavy atom. The van der Waals surface area contributed by atoms with Crippen LogP contribution in [0.15, 0.2) is 60.0 Å². The number of hydrogen-bond acceptors (Lipinski definition) is 4. The number of ether oxygens (including phenoxy) is 1. The minimum atomic E-state index is -0.456. The van der Waals surface area contributed by atoms with E-state index in [2.05, 4.69) is 11.4 Å². The van der Waals surface area contributed by atoms with Crippen molar-refractivity contribution < 1.29 is 18.7 Å². The first-order valence-electron chi connectivity index (χ1n) is 11.6. The predicted octanol–water partition coefficient (Wildman–Crippen LogP) is 5.01. The second kappa shape index (κ2) is 9.58. The minimum Gasteiger partial charge on any atom is -0.491 e. The molecule has 1 fully saturated rings. The maximum atomic E-state index is 13.7. The van der Waals surface area contributed by atoms with Crippen LogP contribution in [0.1, 0.15) is 45.2 Å². The summed E-state index contributed by atoms with van der Waals surface area (Å²) in [6, 6.07) is 15.4. The zero-order valence-corrected chi connectivity index (χ0v) is 19.9. The van der Waals surface area contributed by atoms with E-state index in [4.69, 9.17) is 4.74 Å². The standard InChI is InChI=1S/C27H27FN2O3S/c1-18-5-2-3-8-24(18)33-17-23-22-12-14-34-25(22)11-13-29(23)26(31)16-30(21-9-10-21)27(32)19-6-4-7-20(28)15-19/h2-8,12,14-15,21,23H,9-11,13,16-17H2,1H3/t23-/m1/s1. The van der Waals surface area contributed by atoms with Crippen LogP contribution in [0.25, 0.3) is 0 Å². The van der Waals surface area contributed by atoms with Gasteiger partial charge in [-0.3, -0.25) is 9.59 Å². The fraction of sp³-hybridized carbons (Fsp3) is 0.333. The van der Waals surface area contributed by atoms with Crippen LogP contribution in [0.2, 0.25) is 0 Å². The SMILES string of the molecule is Cc1ccccc1OC[C@@H]1c2ccsc2CCN1C(=O)CN(C(=O)c1cccc(F)c1)C1CC1. The van der Waals surface area contributed by atoms with Crippen LogP contribution in [0, 0.1) is 12.7 Å². The zero-order valence-electron chi connectivity index (χ0n) is 19.1. The molecule has 2 aliphatic rings.